The molecule has 0 radical (unpaired) electrons. The average Bonchev–Trinajstić information content (AvgIpc) is 2.53. The summed E-state index contributed by atoms with van der Waals surface area (Å²) in [4.78, 5) is 0. The summed E-state index contributed by atoms with van der Waals surface area (Å²) in [6, 6.07) is 5.37. The third kappa shape index (κ3) is 6.96. The van der Waals surface area contributed by atoms with E-state index in [2.05, 4.69) is 22.3 Å². The van der Waals surface area contributed by atoms with Crippen molar-refractivity contribution in [3.05, 3.63) is 29.6 Å². The molecule has 126 valence electrons. The summed E-state index contributed by atoms with van der Waals surface area (Å²) in [7, 11) is 1.81. The van der Waals surface area contributed by atoms with Crippen LogP contribution < -0.4 is 15.4 Å². The highest BCUT2D eigenvalue weighted by Crippen LogP contribution is 2.21. The molecule has 0 saturated heterocycles. The standard InChI is InChI=1S/C16H28FN3OS/c1-3-11-22-20-13(12-19-9-10-21)7-8-14-15(17)5-4-6-16(14)18-2/h4-6,13,18-21H,3,7-12H2,1-2H3. The minimum atomic E-state index is -0.157. The molecule has 1 aromatic rings. The van der Waals surface area contributed by atoms with Gasteiger partial charge in [-0.05, 0) is 31.4 Å². The van der Waals surface area contributed by atoms with Gasteiger partial charge in [0.25, 0.3) is 0 Å². The number of halogens is 1. The summed E-state index contributed by atoms with van der Waals surface area (Å²) >= 11 is 1.71. The van der Waals surface area contributed by atoms with Crippen LogP contribution in [0.2, 0.25) is 0 Å². The Balaban J connectivity index is 2.57. The molecule has 0 amide bonds. The number of anilines is 1. The lowest BCUT2D eigenvalue weighted by Crippen LogP contribution is -2.37. The second kappa shape index (κ2) is 11.7. The first-order valence-electron chi connectivity index (χ1n) is 7.86. The van der Waals surface area contributed by atoms with E-state index in [4.69, 9.17) is 5.11 Å². The van der Waals surface area contributed by atoms with Gasteiger partial charge in [0, 0.05) is 43.2 Å². The maximum absolute atomic E-state index is 14.0. The number of hydrogen-bond donors (Lipinski definition) is 4. The van der Waals surface area contributed by atoms with Crippen molar-refractivity contribution in [2.75, 3.05) is 37.8 Å². The summed E-state index contributed by atoms with van der Waals surface area (Å²) in [6.07, 6.45) is 2.63. The van der Waals surface area contributed by atoms with E-state index in [-0.39, 0.29) is 18.5 Å². The fourth-order valence-corrected chi connectivity index (χ4v) is 2.96. The summed E-state index contributed by atoms with van der Waals surface area (Å²) < 4.78 is 17.4. The minimum Gasteiger partial charge on any atom is -0.395 e. The van der Waals surface area contributed by atoms with Crippen molar-refractivity contribution in [1.29, 1.82) is 0 Å². The molecule has 0 aromatic heterocycles. The molecule has 6 heteroatoms. The van der Waals surface area contributed by atoms with Crippen LogP contribution in [-0.2, 0) is 6.42 Å². The van der Waals surface area contributed by atoms with Crippen molar-refractivity contribution in [2.24, 2.45) is 0 Å². The Bertz CT molecular complexity index is 410. The molecule has 1 aromatic carbocycles. The molecule has 4 nitrogen and oxygen atoms in total. The van der Waals surface area contributed by atoms with E-state index in [1.165, 1.54) is 6.07 Å². The highest BCUT2D eigenvalue weighted by atomic mass is 32.2. The molecule has 1 atom stereocenters. The van der Waals surface area contributed by atoms with Crippen LogP contribution in [-0.4, -0.2) is 43.6 Å². The van der Waals surface area contributed by atoms with Gasteiger partial charge in [-0.15, -0.1) is 0 Å². The molecule has 4 N–H and O–H groups in total. The van der Waals surface area contributed by atoms with Crippen molar-refractivity contribution in [3.8, 4) is 0 Å². The molecule has 0 aliphatic heterocycles. The van der Waals surface area contributed by atoms with E-state index < -0.39 is 0 Å². The topological polar surface area (TPSA) is 56.3 Å². The van der Waals surface area contributed by atoms with Crippen molar-refractivity contribution in [2.45, 2.75) is 32.2 Å². The molecular formula is C16H28FN3OS. The predicted octanol–water partition coefficient (Wildman–Crippen LogP) is 2.40. The maximum Gasteiger partial charge on any atom is 0.128 e. The molecule has 0 bridgehead atoms. The van der Waals surface area contributed by atoms with Gasteiger partial charge in [-0.1, -0.05) is 24.9 Å². The summed E-state index contributed by atoms with van der Waals surface area (Å²) in [5, 5.41) is 15.1. The lowest BCUT2D eigenvalue weighted by molar-refractivity contribution is 0.290. The zero-order chi connectivity index (χ0) is 16.2. The van der Waals surface area contributed by atoms with E-state index in [0.29, 0.717) is 13.0 Å². The van der Waals surface area contributed by atoms with Crippen LogP contribution in [0.15, 0.2) is 18.2 Å². The normalized spacial score (nSPS) is 12.4. The van der Waals surface area contributed by atoms with Gasteiger partial charge >= 0.3 is 0 Å². The lowest BCUT2D eigenvalue weighted by atomic mass is 10.0. The van der Waals surface area contributed by atoms with Crippen LogP contribution in [0, 0.1) is 5.82 Å². The van der Waals surface area contributed by atoms with Crippen LogP contribution in [0.3, 0.4) is 0 Å². The van der Waals surface area contributed by atoms with Gasteiger partial charge in [-0.25, -0.2) is 4.39 Å². The Morgan fingerprint density at radius 3 is 2.86 bits per heavy atom. The lowest BCUT2D eigenvalue weighted by Gasteiger charge is -2.19. The van der Waals surface area contributed by atoms with Crippen LogP contribution >= 0.6 is 11.9 Å². The second-order valence-corrected chi connectivity index (χ2v) is 6.08. The van der Waals surface area contributed by atoms with Crippen LogP contribution in [0.1, 0.15) is 25.3 Å². The first-order valence-corrected chi connectivity index (χ1v) is 8.85. The first-order chi connectivity index (χ1) is 10.7. The van der Waals surface area contributed by atoms with Crippen molar-refractivity contribution < 1.29 is 9.50 Å². The number of benzene rings is 1. The second-order valence-electron chi connectivity index (χ2n) is 5.15. The van der Waals surface area contributed by atoms with Gasteiger partial charge in [0.15, 0.2) is 0 Å². The molecule has 0 spiro atoms. The Hall–Kier alpha value is -0.820. The van der Waals surface area contributed by atoms with Gasteiger partial charge < -0.3 is 15.7 Å². The Labute approximate surface area is 137 Å². The molecule has 0 aliphatic rings. The fourth-order valence-electron chi connectivity index (χ4n) is 2.20. The first kappa shape index (κ1) is 19.2. The third-order valence-electron chi connectivity index (χ3n) is 3.37. The number of rotatable bonds is 12. The number of aliphatic hydroxyl groups excluding tert-OH is 1. The molecule has 0 aliphatic carbocycles. The van der Waals surface area contributed by atoms with E-state index in [1.54, 1.807) is 18.0 Å². The maximum atomic E-state index is 14.0. The Morgan fingerprint density at radius 2 is 2.18 bits per heavy atom. The van der Waals surface area contributed by atoms with Crippen molar-refractivity contribution in [3.63, 3.8) is 0 Å². The van der Waals surface area contributed by atoms with E-state index >= 15 is 0 Å². The summed E-state index contributed by atoms with van der Waals surface area (Å²) in [6.45, 7) is 3.62. The van der Waals surface area contributed by atoms with Gasteiger partial charge in [0.2, 0.25) is 0 Å². The molecule has 1 rings (SSSR count). The molecule has 22 heavy (non-hydrogen) atoms. The predicted molar refractivity (Wildman–Crippen MR) is 93.9 cm³/mol. The van der Waals surface area contributed by atoms with Crippen LogP contribution in [0.25, 0.3) is 0 Å². The van der Waals surface area contributed by atoms with Gasteiger partial charge in [0.1, 0.15) is 5.82 Å². The zero-order valence-corrected chi connectivity index (χ0v) is 14.3. The number of hydrogen-bond acceptors (Lipinski definition) is 5. The molecule has 0 fully saturated rings. The molecule has 0 heterocycles. The number of nitrogens with one attached hydrogen (secondary N) is 3. The SMILES string of the molecule is CCCSNC(CCc1c(F)cccc1NC)CNCCO. The largest absolute Gasteiger partial charge is 0.395 e. The smallest absolute Gasteiger partial charge is 0.128 e. The van der Waals surface area contributed by atoms with Gasteiger partial charge in [-0.2, -0.15) is 0 Å². The quantitative estimate of drug-likeness (QED) is 0.350. The van der Waals surface area contributed by atoms with Crippen molar-refractivity contribution in [1.82, 2.24) is 10.0 Å². The van der Waals surface area contributed by atoms with Crippen LogP contribution in [0.4, 0.5) is 10.1 Å². The minimum absolute atomic E-state index is 0.131. The van der Waals surface area contributed by atoms with E-state index in [1.807, 2.05) is 13.1 Å². The monoisotopic (exact) mass is 329 g/mol. The Kier molecular flexibility index (Phi) is 10.2. The highest BCUT2D eigenvalue weighted by molar-refractivity contribution is 7.97. The Morgan fingerprint density at radius 1 is 1.36 bits per heavy atom. The van der Waals surface area contributed by atoms with E-state index in [0.717, 1.165) is 36.4 Å². The highest BCUT2D eigenvalue weighted by Gasteiger charge is 2.12. The van der Waals surface area contributed by atoms with Crippen LogP contribution in [0.5, 0.6) is 0 Å². The molecule has 0 saturated carbocycles. The van der Waals surface area contributed by atoms with Gasteiger partial charge in [0.05, 0.1) is 6.61 Å². The molecule has 1 unspecified atom stereocenters. The summed E-state index contributed by atoms with van der Waals surface area (Å²) in [5.74, 6) is 0.896. The van der Waals surface area contributed by atoms with E-state index in [9.17, 15) is 4.39 Å². The zero-order valence-electron chi connectivity index (χ0n) is 13.5. The summed E-state index contributed by atoms with van der Waals surface area (Å²) in [5.41, 5.74) is 1.59. The molecular weight excluding hydrogens is 301 g/mol. The average molecular weight is 329 g/mol. The van der Waals surface area contributed by atoms with Crippen molar-refractivity contribution >= 4 is 17.6 Å². The van der Waals surface area contributed by atoms with Gasteiger partial charge in [-0.3, -0.25) is 4.72 Å². The fraction of sp³-hybridized carbons (Fsp3) is 0.625. The number of aliphatic hydroxyl groups is 1. The third-order valence-corrected chi connectivity index (χ3v) is 4.48.